The van der Waals surface area contributed by atoms with Crippen LogP contribution in [0.5, 0.6) is 5.75 Å². The van der Waals surface area contributed by atoms with Gasteiger partial charge in [0.15, 0.2) is 0 Å². The van der Waals surface area contributed by atoms with Crippen molar-refractivity contribution in [2.24, 2.45) is 0 Å². The molecule has 0 spiro atoms. The lowest BCUT2D eigenvalue weighted by molar-refractivity contribution is -0.153. The number of benzene rings is 1. The summed E-state index contributed by atoms with van der Waals surface area (Å²) in [5.74, 6) is 0.537. The van der Waals surface area contributed by atoms with E-state index < -0.39 is 0 Å². The molecule has 0 saturated carbocycles. The Morgan fingerprint density at radius 2 is 2.30 bits per heavy atom. The third-order valence-electron chi connectivity index (χ3n) is 3.34. The molecule has 5 nitrogen and oxygen atoms in total. The molecule has 1 aromatic rings. The lowest BCUT2D eigenvalue weighted by Crippen LogP contribution is -2.49. The summed E-state index contributed by atoms with van der Waals surface area (Å²) in [6.07, 6.45) is 0. The predicted octanol–water partition coefficient (Wildman–Crippen LogP) is 1.83. The van der Waals surface area contributed by atoms with Gasteiger partial charge in [-0.2, -0.15) is 0 Å². The highest BCUT2D eigenvalue weighted by molar-refractivity contribution is 9.10. The minimum Gasteiger partial charge on any atom is -0.497 e. The van der Waals surface area contributed by atoms with E-state index in [0.717, 1.165) is 15.8 Å². The summed E-state index contributed by atoms with van der Waals surface area (Å²) in [5, 5.41) is 0. The number of hydrogen-bond donors (Lipinski definition) is 0. The molecule has 6 heteroatoms. The van der Waals surface area contributed by atoms with E-state index in [9.17, 15) is 4.79 Å². The number of methoxy groups -OCH3 is 2. The van der Waals surface area contributed by atoms with Gasteiger partial charge in [-0.3, -0.25) is 9.69 Å². The van der Waals surface area contributed by atoms with Crippen molar-refractivity contribution >= 4 is 21.9 Å². The van der Waals surface area contributed by atoms with E-state index in [0.29, 0.717) is 26.3 Å². The SMILES string of the molecule is COC(=O)C1COCCN1Cc1cc(OC)ccc1Br. The van der Waals surface area contributed by atoms with Crippen molar-refractivity contribution in [2.45, 2.75) is 12.6 Å². The summed E-state index contributed by atoms with van der Waals surface area (Å²) in [4.78, 5) is 13.9. The van der Waals surface area contributed by atoms with Gasteiger partial charge in [0.2, 0.25) is 0 Å². The Labute approximate surface area is 126 Å². The maximum atomic E-state index is 11.8. The summed E-state index contributed by atoms with van der Waals surface area (Å²) >= 11 is 3.53. The zero-order chi connectivity index (χ0) is 14.5. The minimum atomic E-state index is -0.355. The zero-order valence-electron chi connectivity index (χ0n) is 11.6. The van der Waals surface area contributed by atoms with Crippen LogP contribution in [-0.4, -0.2) is 50.9 Å². The number of carbonyl (C=O) groups excluding carboxylic acids is 1. The maximum absolute atomic E-state index is 11.8. The lowest BCUT2D eigenvalue weighted by atomic mass is 10.1. The maximum Gasteiger partial charge on any atom is 0.325 e. The Hall–Kier alpha value is -1.11. The van der Waals surface area contributed by atoms with E-state index in [1.165, 1.54) is 7.11 Å². The summed E-state index contributed by atoms with van der Waals surface area (Å²) in [6.45, 7) is 2.33. The molecule has 110 valence electrons. The molecule has 20 heavy (non-hydrogen) atoms. The first-order valence-electron chi connectivity index (χ1n) is 6.37. The standard InChI is InChI=1S/C14H18BrNO4/c1-18-11-3-4-12(15)10(7-11)8-16-5-6-20-9-13(16)14(17)19-2/h3-4,7,13H,5-6,8-9H2,1-2H3. The molecule has 0 aliphatic carbocycles. The van der Waals surface area contributed by atoms with Crippen LogP contribution in [0.1, 0.15) is 5.56 Å². The van der Waals surface area contributed by atoms with Crippen LogP contribution in [0.25, 0.3) is 0 Å². The Morgan fingerprint density at radius 3 is 3.00 bits per heavy atom. The van der Waals surface area contributed by atoms with E-state index in [4.69, 9.17) is 14.2 Å². The molecule has 1 aromatic carbocycles. The van der Waals surface area contributed by atoms with Gasteiger partial charge in [-0.15, -0.1) is 0 Å². The number of carbonyl (C=O) groups is 1. The predicted molar refractivity (Wildman–Crippen MR) is 77.7 cm³/mol. The molecule has 1 aliphatic rings. The van der Waals surface area contributed by atoms with Crippen LogP contribution in [0, 0.1) is 0 Å². The van der Waals surface area contributed by atoms with Gasteiger partial charge in [0.25, 0.3) is 0 Å². The molecule has 0 bridgehead atoms. The summed E-state index contributed by atoms with van der Waals surface area (Å²) in [6, 6.07) is 5.45. The Morgan fingerprint density at radius 1 is 1.50 bits per heavy atom. The van der Waals surface area contributed by atoms with Crippen molar-refractivity contribution in [3.63, 3.8) is 0 Å². The molecule has 1 saturated heterocycles. The van der Waals surface area contributed by atoms with Crippen LogP contribution in [0.2, 0.25) is 0 Å². The Bertz CT molecular complexity index is 480. The summed E-state index contributed by atoms with van der Waals surface area (Å²) < 4.78 is 16.4. The molecule has 0 aromatic heterocycles. The van der Waals surface area contributed by atoms with Gasteiger partial charge in [-0.1, -0.05) is 15.9 Å². The number of esters is 1. The number of halogens is 1. The van der Waals surface area contributed by atoms with E-state index in [-0.39, 0.29) is 12.0 Å². The average Bonchev–Trinajstić information content (AvgIpc) is 2.49. The van der Waals surface area contributed by atoms with Crippen molar-refractivity contribution in [3.8, 4) is 5.75 Å². The fraction of sp³-hybridized carbons (Fsp3) is 0.500. The molecular formula is C14H18BrNO4. The third kappa shape index (κ3) is 3.50. The lowest BCUT2D eigenvalue weighted by Gasteiger charge is -2.33. The zero-order valence-corrected chi connectivity index (χ0v) is 13.2. The number of hydrogen-bond acceptors (Lipinski definition) is 5. The summed E-state index contributed by atoms with van der Waals surface area (Å²) in [7, 11) is 3.04. The molecule has 0 amide bonds. The van der Waals surface area contributed by atoms with Crippen LogP contribution in [-0.2, 0) is 20.8 Å². The molecule has 1 atom stereocenters. The number of morpholine rings is 1. The van der Waals surface area contributed by atoms with Crippen LogP contribution in [0.4, 0.5) is 0 Å². The minimum absolute atomic E-state index is 0.260. The quantitative estimate of drug-likeness (QED) is 0.780. The van der Waals surface area contributed by atoms with Crippen LogP contribution in [0.15, 0.2) is 22.7 Å². The van der Waals surface area contributed by atoms with Crippen molar-refractivity contribution in [1.29, 1.82) is 0 Å². The number of ether oxygens (including phenoxy) is 3. The second-order valence-electron chi connectivity index (χ2n) is 4.54. The molecular weight excluding hydrogens is 326 g/mol. The largest absolute Gasteiger partial charge is 0.497 e. The molecule has 1 fully saturated rings. The first-order chi connectivity index (χ1) is 9.65. The van der Waals surface area contributed by atoms with Gasteiger partial charge >= 0.3 is 5.97 Å². The Balaban J connectivity index is 2.16. The second-order valence-corrected chi connectivity index (χ2v) is 5.40. The van der Waals surface area contributed by atoms with E-state index in [1.54, 1.807) is 7.11 Å². The average molecular weight is 344 g/mol. The highest BCUT2D eigenvalue weighted by Crippen LogP contribution is 2.25. The third-order valence-corrected chi connectivity index (χ3v) is 4.11. The van der Waals surface area contributed by atoms with Crippen molar-refractivity contribution in [2.75, 3.05) is 34.0 Å². The first-order valence-corrected chi connectivity index (χ1v) is 7.17. The van der Waals surface area contributed by atoms with E-state index >= 15 is 0 Å². The highest BCUT2D eigenvalue weighted by atomic mass is 79.9. The molecule has 1 unspecified atom stereocenters. The summed E-state index contributed by atoms with van der Waals surface area (Å²) in [5.41, 5.74) is 1.07. The first kappa shape index (κ1) is 15.3. The van der Waals surface area contributed by atoms with E-state index in [1.807, 2.05) is 18.2 Å². The van der Waals surface area contributed by atoms with Gasteiger partial charge in [-0.25, -0.2) is 0 Å². The smallest absolute Gasteiger partial charge is 0.325 e. The van der Waals surface area contributed by atoms with Gasteiger partial charge in [0.1, 0.15) is 11.8 Å². The van der Waals surface area contributed by atoms with Crippen LogP contribution >= 0.6 is 15.9 Å². The number of rotatable bonds is 4. The molecule has 1 aliphatic heterocycles. The molecule has 1 heterocycles. The fourth-order valence-electron chi connectivity index (χ4n) is 2.20. The highest BCUT2D eigenvalue weighted by Gasteiger charge is 2.30. The van der Waals surface area contributed by atoms with Crippen molar-refractivity contribution < 1.29 is 19.0 Å². The fourth-order valence-corrected chi connectivity index (χ4v) is 2.57. The van der Waals surface area contributed by atoms with Crippen LogP contribution in [0.3, 0.4) is 0 Å². The van der Waals surface area contributed by atoms with Gasteiger partial charge < -0.3 is 14.2 Å². The number of nitrogens with zero attached hydrogens (tertiary/aromatic N) is 1. The molecule has 0 radical (unpaired) electrons. The van der Waals surface area contributed by atoms with Gasteiger partial charge in [0, 0.05) is 17.6 Å². The monoisotopic (exact) mass is 343 g/mol. The van der Waals surface area contributed by atoms with E-state index in [2.05, 4.69) is 20.8 Å². The van der Waals surface area contributed by atoms with Crippen molar-refractivity contribution in [3.05, 3.63) is 28.2 Å². The van der Waals surface area contributed by atoms with Gasteiger partial charge in [-0.05, 0) is 23.8 Å². The van der Waals surface area contributed by atoms with Crippen LogP contribution < -0.4 is 4.74 Å². The molecule has 0 N–H and O–H groups in total. The normalized spacial score (nSPS) is 19.6. The second kappa shape index (κ2) is 7.06. The molecule has 2 rings (SSSR count). The Kier molecular flexibility index (Phi) is 5.39. The van der Waals surface area contributed by atoms with Crippen molar-refractivity contribution in [1.82, 2.24) is 4.90 Å². The van der Waals surface area contributed by atoms with Gasteiger partial charge in [0.05, 0.1) is 27.4 Å². The topological polar surface area (TPSA) is 48.0 Å².